The number of benzene rings is 3. The zero-order valence-electron chi connectivity index (χ0n) is 15.9. The molecule has 0 aliphatic carbocycles. The van der Waals surface area contributed by atoms with Crippen molar-refractivity contribution < 1.29 is 24.2 Å². The highest BCUT2D eigenvalue weighted by molar-refractivity contribution is 6.02. The number of nitrogens with one attached hydrogen (secondary N) is 1. The van der Waals surface area contributed by atoms with Gasteiger partial charge in [0.1, 0.15) is 0 Å². The lowest BCUT2D eigenvalue weighted by Crippen LogP contribution is -2.20. The Morgan fingerprint density at radius 1 is 1.00 bits per heavy atom. The number of anilines is 1. The summed E-state index contributed by atoms with van der Waals surface area (Å²) in [6.07, 6.45) is 2.51. The maximum atomic E-state index is 12.4. The van der Waals surface area contributed by atoms with Crippen LogP contribution < -0.4 is 14.8 Å². The normalized spacial score (nSPS) is 10.8. The van der Waals surface area contributed by atoms with E-state index in [1.54, 1.807) is 18.2 Å². The molecule has 0 atom stereocenters. The molecule has 0 spiro atoms. The third-order valence-corrected chi connectivity index (χ3v) is 4.11. The Hall–Kier alpha value is -3.80. The van der Waals surface area contributed by atoms with Gasteiger partial charge in [0.05, 0.1) is 6.61 Å². The first-order valence-electron chi connectivity index (χ1n) is 9.15. The molecule has 0 bridgehead atoms. The Kier molecular flexibility index (Phi) is 6.47. The minimum Gasteiger partial charge on any atom is -0.490 e. The number of carboxylic acids is 1. The van der Waals surface area contributed by atoms with E-state index in [0.29, 0.717) is 23.7 Å². The molecular weight excluding hydrogens is 370 g/mol. The first-order valence-corrected chi connectivity index (χ1v) is 9.15. The number of carbonyl (C=O) groups is 2. The number of hydrogen-bond acceptors (Lipinski definition) is 4. The first-order chi connectivity index (χ1) is 14.1. The minimum absolute atomic E-state index is 0.187. The van der Waals surface area contributed by atoms with E-state index >= 15 is 0 Å². The van der Waals surface area contributed by atoms with E-state index in [0.717, 1.165) is 22.5 Å². The SMILES string of the molecule is CCOc1cc(/C=C/C(=O)O)ccc1OCC(=O)Nc1cccc2ccccc12. The van der Waals surface area contributed by atoms with Crippen LogP contribution in [0.1, 0.15) is 12.5 Å². The highest BCUT2D eigenvalue weighted by Gasteiger charge is 2.10. The fourth-order valence-corrected chi connectivity index (χ4v) is 2.85. The summed E-state index contributed by atoms with van der Waals surface area (Å²) < 4.78 is 11.2. The van der Waals surface area contributed by atoms with E-state index in [1.165, 1.54) is 6.08 Å². The first kappa shape index (κ1) is 19.9. The molecule has 0 aliphatic rings. The summed E-state index contributed by atoms with van der Waals surface area (Å²) >= 11 is 0. The van der Waals surface area contributed by atoms with Crippen molar-refractivity contribution in [3.63, 3.8) is 0 Å². The van der Waals surface area contributed by atoms with Gasteiger partial charge >= 0.3 is 5.97 Å². The van der Waals surface area contributed by atoms with Crippen LogP contribution in [0, 0.1) is 0 Å². The molecule has 2 N–H and O–H groups in total. The van der Waals surface area contributed by atoms with Gasteiger partial charge in [0.25, 0.3) is 5.91 Å². The third-order valence-electron chi connectivity index (χ3n) is 4.11. The van der Waals surface area contributed by atoms with Crippen molar-refractivity contribution in [2.45, 2.75) is 6.92 Å². The van der Waals surface area contributed by atoms with Crippen LogP contribution in [-0.4, -0.2) is 30.2 Å². The average molecular weight is 391 g/mol. The van der Waals surface area contributed by atoms with Crippen LogP contribution in [0.5, 0.6) is 11.5 Å². The average Bonchev–Trinajstić information content (AvgIpc) is 2.72. The van der Waals surface area contributed by atoms with Crippen molar-refractivity contribution in [1.29, 1.82) is 0 Å². The predicted molar refractivity (Wildman–Crippen MR) is 112 cm³/mol. The Bertz CT molecular complexity index is 1050. The van der Waals surface area contributed by atoms with Crippen LogP contribution in [0.3, 0.4) is 0 Å². The van der Waals surface area contributed by atoms with E-state index in [-0.39, 0.29) is 12.5 Å². The lowest BCUT2D eigenvalue weighted by molar-refractivity contribution is -0.131. The molecule has 6 nitrogen and oxygen atoms in total. The van der Waals surface area contributed by atoms with E-state index in [9.17, 15) is 9.59 Å². The molecular formula is C23H21NO5. The number of carbonyl (C=O) groups excluding carboxylic acids is 1. The Labute approximate surface area is 168 Å². The number of rotatable bonds is 8. The lowest BCUT2D eigenvalue weighted by atomic mass is 10.1. The van der Waals surface area contributed by atoms with Crippen LogP contribution in [0.2, 0.25) is 0 Å². The van der Waals surface area contributed by atoms with Crippen LogP contribution in [0.4, 0.5) is 5.69 Å². The molecule has 0 saturated heterocycles. The van der Waals surface area contributed by atoms with Crippen molar-refractivity contribution in [2.24, 2.45) is 0 Å². The molecule has 6 heteroatoms. The van der Waals surface area contributed by atoms with Gasteiger partial charge in [0, 0.05) is 17.1 Å². The summed E-state index contributed by atoms with van der Waals surface area (Å²) in [4.78, 5) is 23.1. The maximum Gasteiger partial charge on any atom is 0.328 e. The minimum atomic E-state index is -1.03. The second kappa shape index (κ2) is 9.41. The standard InChI is InChI=1S/C23H21NO5/c1-2-28-21-14-16(11-13-23(26)27)10-12-20(21)29-15-22(25)24-19-9-5-7-17-6-3-4-8-18(17)19/h3-14H,2,15H2,1H3,(H,24,25)(H,26,27)/b13-11+. The summed E-state index contributed by atoms with van der Waals surface area (Å²) in [5.74, 6) is -0.475. The Morgan fingerprint density at radius 3 is 2.59 bits per heavy atom. The van der Waals surface area contributed by atoms with Gasteiger partial charge in [-0.3, -0.25) is 4.79 Å². The summed E-state index contributed by atoms with van der Waals surface area (Å²) in [6, 6.07) is 18.5. The van der Waals surface area contributed by atoms with Crippen molar-refractivity contribution in [1.82, 2.24) is 0 Å². The van der Waals surface area contributed by atoms with Gasteiger partial charge in [-0.15, -0.1) is 0 Å². The molecule has 3 aromatic carbocycles. The van der Waals surface area contributed by atoms with Crippen molar-refractivity contribution >= 4 is 34.4 Å². The number of ether oxygens (including phenoxy) is 2. The number of carboxylic acid groups (broad SMARTS) is 1. The smallest absolute Gasteiger partial charge is 0.328 e. The van der Waals surface area contributed by atoms with Gasteiger partial charge in [-0.1, -0.05) is 42.5 Å². The highest BCUT2D eigenvalue weighted by atomic mass is 16.5. The molecule has 29 heavy (non-hydrogen) atoms. The monoisotopic (exact) mass is 391 g/mol. The molecule has 0 aliphatic heterocycles. The molecule has 3 rings (SSSR count). The van der Waals surface area contributed by atoms with Gasteiger partial charge in [-0.25, -0.2) is 4.79 Å². The molecule has 0 fully saturated rings. The number of hydrogen-bond donors (Lipinski definition) is 2. The molecule has 0 aromatic heterocycles. The number of fused-ring (bicyclic) bond motifs is 1. The number of aliphatic carboxylic acids is 1. The molecule has 3 aromatic rings. The molecule has 0 radical (unpaired) electrons. The lowest BCUT2D eigenvalue weighted by Gasteiger charge is -2.13. The Morgan fingerprint density at radius 2 is 1.79 bits per heavy atom. The van der Waals surface area contributed by atoms with Crippen LogP contribution in [-0.2, 0) is 9.59 Å². The van der Waals surface area contributed by atoms with E-state index < -0.39 is 5.97 Å². The maximum absolute atomic E-state index is 12.4. The van der Waals surface area contributed by atoms with Crippen molar-refractivity contribution in [3.8, 4) is 11.5 Å². The molecule has 1 amide bonds. The summed E-state index contributed by atoms with van der Waals surface area (Å²) in [6.45, 7) is 2.05. The van der Waals surface area contributed by atoms with E-state index in [1.807, 2.05) is 49.4 Å². The van der Waals surface area contributed by atoms with Gasteiger partial charge in [0.2, 0.25) is 0 Å². The van der Waals surface area contributed by atoms with Crippen LogP contribution >= 0.6 is 0 Å². The third kappa shape index (κ3) is 5.35. The fraction of sp³-hybridized carbons (Fsp3) is 0.130. The number of amides is 1. The topological polar surface area (TPSA) is 84.9 Å². The molecule has 0 unspecified atom stereocenters. The summed E-state index contributed by atoms with van der Waals surface area (Å²) in [5, 5.41) is 13.6. The quantitative estimate of drug-likeness (QED) is 0.558. The Balaban J connectivity index is 1.69. The predicted octanol–water partition coefficient (Wildman–Crippen LogP) is 4.35. The second-order valence-corrected chi connectivity index (χ2v) is 6.17. The summed E-state index contributed by atoms with van der Waals surface area (Å²) in [5.41, 5.74) is 1.37. The van der Waals surface area contributed by atoms with E-state index in [2.05, 4.69) is 5.32 Å². The largest absolute Gasteiger partial charge is 0.490 e. The van der Waals surface area contributed by atoms with E-state index in [4.69, 9.17) is 14.6 Å². The van der Waals surface area contributed by atoms with Gasteiger partial charge in [0.15, 0.2) is 18.1 Å². The second-order valence-electron chi connectivity index (χ2n) is 6.17. The molecule has 148 valence electrons. The van der Waals surface area contributed by atoms with Gasteiger partial charge in [-0.05, 0) is 42.1 Å². The molecule has 0 heterocycles. The van der Waals surface area contributed by atoms with Crippen LogP contribution in [0.15, 0.2) is 66.7 Å². The van der Waals surface area contributed by atoms with Crippen LogP contribution in [0.25, 0.3) is 16.8 Å². The highest BCUT2D eigenvalue weighted by Crippen LogP contribution is 2.29. The zero-order valence-corrected chi connectivity index (χ0v) is 15.9. The van der Waals surface area contributed by atoms with Crippen molar-refractivity contribution in [3.05, 3.63) is 72.3 Å². The fourth-order valence-electron chi connectivity index (χ4n) is 2.85. The van der Waals surface area contributed by atoms with Gasteiger partial charge < -0.3 is 19.9 Å². The molecule has 0 saturated carbocycles. The zero-order chi connectivity index (χ0) is 20.6. The summed E-state index contributed by atoms with van der Waals surface area (Å²) in [7, 11) is 0. The van der Waals surface area contributed by atoms with Crippen molar-refractivity contribution in [2.75, 3.05) is 18.5 Å². The van der Waals surface area contributed by atoms with Gasteiger partial charge in [-0.2, -0.15) is 0 Å².